The zero-order chi connectivity index (χ0) is 16.9. The van der Waals surface area contributed by atoms with Gasteiger partial charge in [-0.1, -0.05) is 35.9 Å². The molecule has 0 saturated carbocycles. The molecule has 0 radical (unpaired) electrons. The number of amides is 2. The number of carbonyl (C=O) groups excluding carboxylic acids is 2. The molecule has 1 unspecified atom stereocenters. The average molecular weight is 345 g/mol. The molecule has 0 spiro atoms. The molecule has 1 fully saturated rings. The van der Waals surface area contributed by atoms with Crippen LogP contribution < -0.4 is 10.2 Å². The Bertz CT molecular complexity index is 736. The standard InChI is InChI=1S/C18H17ClN2O3/c19-14-6-4-5-13(9-14)18(23)20-10-16-11-21(17(22)12-24-16)15-7-2-1-3-8-15/h1-9,16H,10-12H2,(H,20,23). The van der Waals surface area contributed by atoms with Crippen LogP contribution in [-0.2, 0) is 9.53 Å². The van der Waals surface area contributed by atoms with Gasteiger partial charge in [-0.15, -0.1) is 0 Å². The lowest BCUT2D eigenvalue weighted by Gasteiger charge is -2.32. The number of carbonyl (C=O) groups is 2. The molecule has 1 heterocycles. The minimum absolute atomic E-state index is 0.00654. The number of nitrogens with one attached hydrogen (secondary N) is 1. The van der Waals surface area contributed by atoms with Crippen molar-refractivity contribution in [2.24, 2.45) is 0 Å². The first-order valence-electron chi connectivity index (χ1n) is 7.64. The van der Waals surface area contributed by atoms with Gasteiger partial charge < -0.3 is 15.0 Å². The average Bonchev–Trinajstić information content (AvgIpc) is 2.61. The summed E-state index contributed by atoms with van der Waals surface area (Å²) in [7, 11) is 0. The molecule has 2 amide bonds. The fraction of sp³-hybridized carbons (Fsp3) is 0.222. The van der Waals surface area contributed by atoms with Crippen LogP contribution >= 0.6 is 11.6 Å². The molecule has 3 rings (SSSR count). The molecule has 1 aliphatic heterocycles. The lowest BCUT2D eigenvalue weighted by Crippen LogP contribution is -2.50. The predicted molar refractivity (Wildman–Crippen MR) is 92.3 cm³/mol. The normalized spacial score (nSPS) is 17.6. The Morgan fingerprint density at radius 2 is 2.00 bits per heavy atom. The Kier molecular flexibility index (Phi) is 5.13. The van der Waals surface area contributed by atoms with Gasteiger partial charge in [0.1, 0.15) is 6.61 Å². The van der Waals surface area contributed by atoms with Gasteiger partial charge in [0.05, 0.1) is 12.6 Å². The van der Waals surface area contributed by atoms with Crippen molar-refractivity contribution in [2.45, 2.75) is 6.10 Å². The molecule has 0 aromatic heterocycles. The van der Waals surface area contributed by atoms with Gasteiger partial charge in [-0.25, -0.2) is 0 Å². The Hall–Kier alpha value is -2.37. The number of hydrogen-bond donors (Lipinski definition) is 1. The van der Waals surface area contributed by atoms with Crippen LogP contribution in [0.25, 0.3) is 0 Å². The van der Waals surface area contributed by atoms with Crippen molar-refractivity contribution < 1.29 is 14.3 Å². The van der Waals surface area contributed by atoms with E-state index in [9.17, 15) is 9.59 Å². The number of para-hydroxylation sites is 1. The van der Waals surface area contributed by atoms with E-state index in [2.05, 4.69) is 5.32 Å². The minimum Gasteiger partial charge on any atom is -0.365 e. The summed E-state index contributed by atoms with van der Waals surface area (Å²) in [5.74, 6) is -0.303. The van der Waals surface area contributed by atoms with Crippen LogP contribution in [0, 0.1) is 0 Å². The van der Waals surface area contributed by atoms with Crippen molar-refractivity contribution in [3.63, 3.8) is 0 Å². The summed E-state index contributed by atoms with van der Waals surface area (Å²) in [6, 6.07) is 16.2. The highest BCUT2D eigenvalue weighted by Gasteiger charge is 2.27. The maximum Gasteiger partial charge on any atom is 0.253 e. The summed E-state index contributed by atoms with van der Waals surface area (Å²) in [4.78, 5) is 25.9. The monoisotopic (exact) mass is 344 g/mol. The second kappa shape index (κ2) is 7.47. The summed E-state index contributed by atoms with van der Waals surface area (Å²) >= 11 is 5.89. The van der Waals surface area contributed by atoms with Crippen molar-refractivity contribution >= 4 is 29.1 Å². The van der Waals surface area contributed by atoms with Gasteiger partial charge in [-0.2, -0.15) is 0 Å². The molecule has 5 nitrogen and oxygen atoms in total. The van der Waals surface area contributed by atoms with Gasteiger partial charge in [-0.3, -0.25) is 9.59 Å². The Morgan fingerprint density at radius 3 is 2.75 bits per heavy atom. The molecular formula is C18H17ClN2O3. The molecule has 0 bridgehead atoms. The first-order valence-corrected chi connectivity index (χ1v) is 8.02. The lowest BCUT2D eigenvalue weighted by atomic mass is 10.2. The molecular weight excluding hydrogens is 328 g/mol. The van der Waals surface area contributed by atoms with Crippen LogP contribution in [0.3, 0.4) is 0 Å². The van der Waals surface area contributed by atoms with Gasteiger partial charge >= 0.3 is 0 Å². The minimum atomic E-state index is -0.258. The van der Waals surface area contributed by atoms with Crippen molar-refractivity contribution in [2.75, 3.05) is 24.6 Å². The Labute approximate surface area is 145 Å². The van der Waals surface area contributed by atoms with Gasteiger partial charge in [-0.05, 0) is 30.3 Å². The van der Waals surface area contributed by atoms with Crippen LogP contribution in [0.2, 0.25) is 5.02 Å². The third-order valence-corrected chi connectivity index (χ3v) is 4.01. The van der Waals surface area contributed by atoms with Gasteiger partial charge in [0.2, 0.25) is 0 Å². The van der Waals surface area contributed by atoms with Crippen LogP contribution in [0.15, 0.2) is 54.6 Å². The largest absolute Gasteiger partial charge is 0.365 e. The number of ether oxygens (including phenoxy) is 1. The third-order valence-electron chi connectivity index (χ3n) is 3.77. The highest BCUT2D eigenvalue weighted by Crippen LogP contribution is 2.18. The van der Waals surface area contributed by atoms with Crippen LogP contribution in [0.1, 0.15) is 10.4 Å². The summed E-state index contributed by atoms with van der Waals surface area (Å²) in [5.41, 5.74) is 1.33. The van der Waals surface area contributed by atoms with E-state index in [1.54, 1.807) is 29.2 Å². The number of anilines is 1. The molecule has 1 saturated heterocycles. The number of morpholine rings is 1. The van der Waals surface area contributed by atoms with E-state index in [0.717, 1.165) is 5.69 Å². The maximum absolute atomic E-state index is 12.1. The number of benzene rings is 2. The van der Waals surface area contributed by atoms with E-state index in [1.807, 2.05) is 30.3 Å². The second-order valence-corrected chi connectivity index (χ2v) is 5.93. The van der Waals surface area contributed by atoms with E-state index in [4.69, 9.17) is 16.3 Å². The SMILES string of the molecule is O=C(NCC1CN(c2ccccc2)C(=O)CO1)c1cccc(Cl)c1. The van der Waals surface area contributed by atoms with E-state index < -0.39 is 0 Å². The van der Waals surface area contributed by atoms with Crippen LogP contribution in [-0.4, -0.2) is 37.6 Å². The fourth-order valence-corrected chi connectivity index (χ4v) is 2.73. The van der Waals surface area contributed by atoms with E-state index in [0.29, 0.717) is 23.7 Å². The zero-order valence-corrected chi connectivity index (χ0v) is 13.7. The quantitative estimate of drug-likeness (QED) is 0.927. The van der Waals surface area contributed by atoms with Crippen molar-refractivity contribution in [1.29, 1.82) is 0 Å². The molecule has 1 N–H and O–H groups in total. The fourth-order valence-electron chi connectivity index (χ4n) is 2.54. The molecule has 2 aromatic rings. The third kappa shape index (κ3) is 3.93. The maximum atomic E-state index is 12.1. The number of hydrogen-bond acceptors (Lipinski definition) is 3. The van der Waals surface area contributed by atoms with Crippen LogP contribution in [0.4, 0.5) is 5.69 Å². The van der Waals surface area contributed by atoms with Crippen molar-refractivity contribution in [3.8, 4) is 0 Å². The predicted octanol–water partition coefficient (Wildman–Crippen LogP) is 2.50. The lowest BCUT2D eigenvalue weighted by molar-refractivity contribution is -0.129. The molecule has 6 heteroatoms. The highest BCUT2D eigenvalue weighted by molar-refractivity contribution is 6.30. The number of halogens is 1. The molecule has 1 aliphatic rings. The van der Waals surface area contributed by atoms with Gasteiger partial charge in [0.15, 0.2) is 0 Å². The second-order valence-electron chi connectivity index (χ2n) is 5.49. The molecule has 0 aliphatic carbocycles. The highest BCUT2D eigenvalue weighted by atomic mass is 35.5. The Balaban J connectivity index is 1.60. The summed E-state index contributed by atoms with van der Waals surface area (Å²) in [6.07, 6.45) is -0.258. The van der Waals surface area contributed by atoms with Crippen molar-refractivity contribution in [3.05, 3.63) is 65.2 Å². The molecule has 24 heavy (non-hydrogen) atoms. The molecule has 2 aromatic carbocycles. The zero-order valence-electron chi connectivity index (χ0n) is 12.9. The first-order chi connectivity index (χ1) is 11.6. The van der Waals surface area contributed by atoms with Gasteiger partial charge in [0, 0.05) is 22.8 Å². The smallest absolute Gasteiger partial charge is 0.253 e. The van der Waals surface area contributed by atoms with E-state index in [1.165, 1.54) is 0 Å². The van der Waals surface area contributed by atoms with E-state index >= 15 is 0 Å². The topological polar surface area (TPSA) is 58.6 Å². The van der Waals surface area contributed by atoms with Gasteiger partial charge in [0.25, 0.3) is 11.8 Å². The summed E-state index contributed by atoms with van der Waals surface area (Å²) in [5, 5.41) is 3.33. The molecule has 124 valence electrons. The Morgan fingerprint density at radius 1 is 1.21 bits per heavy atom. The number of nitrogens with zero attached hydrogens (tertiary/aromatic N) is 1. The summed E-state index contributed by atoms with van der Waals surface area (Å²) in [6.45, 7) is 0.729. The first kappa shape index (κ1) is 16.5. The number of rotatable bonds is 4. The van der Waals surface area contributed by atoms with Crippen LogP contribution in [0.5, 0.6) is 0 Å². The molecule has 1 atom stereocenters. The van der Waals surface area contributed by atoms with Crippen molar-refractivity contribution in [1.82, 2.24) is 5.32 Å². The summed E-state index contributed by atoms with van der Waals surface area (Å²) < 4.78 is 5.52. The van der Waals surface area contributed by atoms with E-state index in [-0.39, 0.29) is 24.5 Å².